The fraction of sp³-hybridized carbons (Fsp3) is 0.833. The van der Waals surface area contributed by atoms with Crippen molar-refractivity contribution in [3.63, 3.8) is 0 Å². The number of hydrogen-bond acceptors (Lipinski definition) is 7. The molecule has 4 N–H and O–H groups in total. The van der Waals surface area contributed by atoms with Gasteiger partial charge >= 0.3 is 0 Å². The normalized spacial score (nSPS) is 18.4. The molecule has 2 unspecified atom stereocenters. The molecule has 0 rings (SSSR count). The second-order valence-electron chi connectivity index (χ2n) is 4.03. The van der Waals surface area contributed by atoms with Crippen LogP contribution in [0.5, 0.6) is 0 Å². The van der Waals surface area contributed by atoms with Gasteiger partial charge in [0.15, 0.2) is 6.29 Å². The number of thiol groups is 1. The van der Waals surface area contributed by atoms with Crippen LogP contribution in [-0.4, -0.2) is 70.6 Å². The lowest BCUT2D eigenvalue weighted by Crippen LogP contribution is -2.42. The number of aliphatic hydroxyl groups is 4. The van der Waals surface area contributed by atoms with E-state index in [1.807, 2.05) is 6.08 Å². The van der Waals surface area contributed by atoms with Crippen molar-refractivity contribution in [3.05, 3.63) is 12.2 Å². The van der Waals surface area contributed by atoms with Gasteiger partial charge in [-0.05, 0) is 19.1 Å². The number of ether oxygens (including phenoxy) is 2. The quantitative estimate of drug-likeness (QED) is 0.197. The Balaban J connectivity index is 4.30. The maximum absolute atomic E-state index is 9.55. The molecule has 19 heavy (non-hydrogen) atoms. The van der Waals surface area contributed by atoms with E-state index in [-0.39, 0.29) is 6.61 Å². The molecule has 0 radical (unpaired) electrons. The van der Waals surface area contributed by atoms with Gasteiger partial charge in [-0.1, -0.05) is 12.2 Å². The molecular formula is C12H24O6S. The molecule has 0 aliphatic carbocycles. The Kier molecular flexibility index (Phi) is 11.6. The van der Waals surface area contributed by atoms with Crippen LogP contribution in [0.15, 0.2) is 12.2 Å². The average Bonchev–Trinajstić information content (AvgIpc) is 2.40. The molecule has 0 aromatic carbocycles. The Hall–Kier alpha value is -0.150. The Labute approximate surface area is 119 Å². The lowest BCUT2D eigenvalue weighted by Gasteiger charge is -2.27. The van der Waals surface area contributed by atoms with Crippen molar-refractivity contribution in [1.29, 1.82) is 0 Å². The zero-order valence-electron chi connectivity index (χ0n) is 11.1. The minimum absolute atomic E-state index is 0.188. The van der Waals surface area contributed by atoms with Crippen molar-refractivity contribution in [2.75, 3.05) is 25.6 Å². The molecule has 7 heteroatoms. The summed E-state index contributed by atoms with van der Waals surface area (Å²) < 4.78 is 10.5. The first kappa shape index (κ1) is 18.9. The molecule has 6 nitrogen and oxygen atoms in total. The summed E-state index contributed by atoms with van der Waals surface area (Å²) in [5, 5.41) is 36.8. The lowest BCUT2D eigenvalue weighted by atomic mass is 10.2. The average molecular weight is 296 g/mol. The van der Waals surface area contributed by atoms with Gasteiger partial charge in [-0.15, -0.1) is 0 Å². The van der Waals surface area contributed by atoms with Gasteiger partial charge < -0.3 is 29.9 Å². The molecule has 0 fully saturated rings. The first-order chi connectivity index (χ1) is 9.06. The van der Waals surface area contributed by atoms with Crippen molar-refractivity contribution in [3.8, 4) is 0 Å². The Bertz CT molecular complexity index is 236. The van der Waals surface area contributed by atoms with E-state index in [0.29, 0.717) is 0 Å². The number of aliphatic hydroxyl groups excluding tert-OH is 4. The number of hydrogen-bond donors (Lipinski definition) is 5. The molecule has 0 saturated carbocycles. The molecule has 0 bridgehead atoms. The van der Waals surface area contributed by atoms with Crippen LogP contribution in [0.4, 0.5) is 0 Å². The first-order valence-corrected chi connectivity index (χ1v) is 6.80. The van der Waals surface area contributed by atoms with Gasteiger partial charge in [0, 0.05) is 0 Å². The third-order valence-corrected chi connectivity index (χ3v) is 2.61. The summed E-state index contributed by atoms with van der Waals surface area (Å²) >= 11 is 4.05. The van der Waals surface area contributed by atoms with Crippen molar-refractivity contribution in [2.45, 2.75) is 37.9 Å². The zero-order chi connectivity index (χ0) is 14.7. The van der Waals surface area contributed by atoms with E-state index in [0.717, 1.165) is 12.2 Å². The predicted molar refractivity (Wildman–Crippen MR) is 74.1 cm³/mol. The zero-order valence-corrected chi connectivity index (χ0v) is 11.9. The summed E-state index contributed by atoms with van der Waals surface area (Å²) in [6.07, 6.45) is 0.256. The summed E-state index contributed by atoms with van der Waals surface area (Å²) in [6, 6.07) is 0. The van der Waals surface area contributed by atoms with Crippen LogP contribution in [-0.2, 0) is 9.47 Å². The predicted octanol–water partition coefficient (Wildman–Crippen LogP) is -0.683. The third-order valence-electron chi connectivity index (χ3n) is 2.35. The summed E-state index contributed by atoms with van der Waals surface area (Å²) in [6.45, 7) is 0.692. The fourth-order valence-electron chi connectivity index (χ4n) is 1.22. The molecule has 0 aromatic heterocycles. The van der Waals surface area contributed by atoms with Gasteiger partial charge in [0.25, 0.3) is 0 Å². The van der Waals surface area contributed by atoms with E-state index in [4.69, 9.17) is 19.7 Å². The second kappa shape index (κ2) is 11.7. The standard InChI is InChI=1S/C12H24O6S/c1-9(15)11(8-14)18-12(10(16)7-13)17-5-3-2-4-6-19/h2-3,9-16,19H,4-8H2,1H3/b3-2+/t9-,10+,11?,12?/m1/s1. The van der Waals surface area contributed by atoms with Crippen molar-refractivity contribution in [1.82, 2.24) is 0 Å². The van der Waals surface area contributed by atoms with Crippen LogP contribution in [0, 0.1) is 0 Å². The van der Waals surface area contributed by atoms with Crippen LogP contribution in [0.2, 0.25) is 0 Å². The van der Waals surface area contributed by atoms with E-state index in [1.54, 1.807) is 6.08 Å². The molecule has 0 amide bonds. The highest BCUT2D eigenvalue weighted by Gasteiger charge is 2.26. The highest BCUT2D eigenvalue weighted by atomic mass is 32.1. The molecule has 0 spiro atoms. The number of allylic oxidation sites excluding steroid dienone is 1. The summed E-state index contributed by atoms with van der Waals surface area (Å²) in [7, 11) is 0. The van der Waals surface area contributed by atoms with Crippen molar-refractivity contribution < 1.29 is 29.9 Å². The summed E-state index contributed by atoms with van der Waals surface area (Å²) in [5.74, 6) is 0.726. The van der Waals surface area contributed by atoms with Gasteiger partial charge in [-0.2, -0.15) is 12.6 Å². The van der Waals surface area contributed by atoms with Crippen LogP contribution in [0.25, 0.3) is 0 Å². The molecule has 0 heterocycles. The van der Waals surface area contributed by atoms with Crippen LogP contribution in [0.3, 0.4) is 0 Å². The summed E-state index contributed by atoms with van der Waals surface area (Å²) in [4.78, 5) is 0. The lowest BCUT2D eigenvalue weighted by molar-refractivity contribution is -0.236. The van der Waals surface area contributed by atoms with Crippen molar-refractivity contribution >= 4 is 12.6 Å². The maximum Gasteiger partial charge on any atom is 0.186 e. The van der Waals surface area contributed by atoms with E-state index in [1.165, 1.54) is 6.92 Å². The molecule has 114 valence electrons. The molecule has 4 atom stereocenters. The van der Waals surface area contributed by atoms with Crippen LogP contribution in [0.1, 0.15) is 13.3 Å². The van der Waals surface area contributed by atoms with E-state index >= 15 is 0 Å². The summed E-state index contributed by atoms with van der Waals surface area (Å²) in [5.41, 5.74) is 0. The monoisotopic (exact) mass is 296 g/mol. The molecule has 0 aliphatic heterocycles. The van der Waals surface area contributed by atoms with Gasteiger partial charge in [0.05, 0.1) is 25.9 Å². The van der Waals surface area contributed by atoms with Crippen LogP contribution < -0.4 is 0 Å². The highest BCUT2D eigenvalue weighted by molar-refractivity contribution is 7.80. The molecule has 0 saturated heterocycles. The van der Waals surface area contributed by atoms with Gasteiger partial charge in [-0.25, -0.2) is 0 Å². The van der Waals surface area contributed by atoms with E-state index < -0.39 is 37.8 Å². The Morgan fingerprint density at radius 1 is 1.16 bits per heavy atom. The van der Waals surface area contributed by atoms with Gasteiger partial charge in [-0.3, -0.25) is 0 Å². The Morgan fingerprint density at radius 2 is 1.84 bits per heavy atom. The third kappa shape index (κ3) is 8.59. The maximum atomic E-state index is 9.55. The van der Waals surface area contributed by atoms with Gasteiger partial charge in [0.1, 0.15) is 12.2 Å². The van der Waals surface area contributed by atoms with Gasteiger partial charge in [0.2, 0.25) is 0 Å². The topological polar surface area (TPSA) is 99.4 Å². The fourth-order valence-corrected chi connectivity index (χ4v) is 1.37. The smallest absolute Gasteiger partial charge is 0.186 e. The molecular weight excluding hydrogens is 272 g/mol. The van der Waals surface area contributed by atoms with E-state index in [9.17, 15) is 10.2 Å². The SMILES string of the molecule is C[C@@H](O)C(CO)OC(OC/C=C/CCS)[C@@H](O)CO. The molecule has 0 aromatic rings. The Morgan fingerprint density at radius 3 is 2.32 bits per heavy atom. The highest BCUT2D eigenvalue weighted by Crippen LogP contribution is 2.09. The second-order valence-corrected chi connectivity index (χ2v) is 4.48. The van der Waals surface area contributed by atoms with Crippen LogP contribution >= 0.6 is 12.6 Å². The first-order valence-electron chi connectivity index (χ1n) is 6.17. The van der Waals surface area contributed by atoms with Crippen molar-refractivity contribution in [2.24, 2.45) is 0 Å². The van der Waals surface area contributed by atoms with E-state index in [2.05, 4.69) is 12.6 Å². The minimum Gasteiger partial charge on any atom is -0.394 e. The largest absolute Gasteiger partial charge is 0.394 e. The molecule has 0 aliphatic rings. The number of rotatable bonds is 11. The minimum atomic E-state index is -1.24.